The number of amides is 1. The van der Waals surface area contributed by atoms with Crippen LogP contribution in [0.3, 0.4) is 0 Å². The molecule has 25 heavy (non-hydrogen) atoms. The first-order valence-electron chi connectivity index (χ1n) is 8.37. The van der Waals surface area contributed by atoms with Crippen LogP contribution in [0.4, 0.5) is 13.2 Å². The largest absolute Gasteiger partial charge is 0.488 e. The lowest BCUT2D eigenvalue weighted by Crippen LogP contribution is -2.51. The van der Waals surface area contributed by atoms with E-state index in [2.05, 4.69) is 5.32 Å². The lowest BCUT2D eigenvalue weighted by Gasteiger charge is -2.24. The van der Waals surface area contributed by atoms with Gasteiger partial charge in [0.15, 0.2) is 0 Å². The number of rotatable bonds is 4. The monoisotopic (exact) mass is 358 g/mol. The average molecular weight is 358 g/mol. The fourth-order valence-corrected chi connectivity index (χ4v) is 2.98. The summed E-state index contributed by atoms with van der Waals surface area (Å²) in [7, 11) is 0. The van der Waals surface area contributed by atoms with Gasteiger partial charge in [-0.25, -0.2) is 0 Å². The van der Waals surface area contributed by atoms with Crippen molar-refractivity contribution >= 4 is 5.91 Å². The first kappa shape index (κ1) is 19.6. The number of hydrogen-bond acceptors (Lipinski definition) is 3. The van der Waals surface area contributed by atoms with Crippen LogP contribution in [0.25, 0.3) is 0 Å². The van der Waals surface area contributed by atoms with Gasteiger partial charge in [0.2, 0.25) is 5.91 Å². The van der Waals surface area contributed by atoms with E-state index in [1.54, 1.807) is 20.8 Å². The summed E-state index contributed by atoms with van der Waals surface area (Å²) in [4.78, 5) is 12.2. The molecule has 1 amide bonds. The Morgan fingerprint density at radius 1 is 1.24 bits per heavy atom. The molecule has 1 aliphatic carbocycles. The highest BCUT2D eigenvalue weighted by molar-refractivity contribution is 5.86. The molecule has 1 aromatic rings. The highest BCUT2D eigenvalue weighted by atomic mass is 19.4. The van der Waals surface area contributed by atoms with Crippen molar-refractivity contribution in [2.75, 3.05) is 0 Å². The maximum Gasteiger partial charge on any atom is 0.416 e. The van der Waals surface area contributed by atoms with Gasteiger partial charge in [-0.05, 0) is 51.3 Å². The Bertz CT molecular complexity index is 630. The van der Waals surface area contributed by atoms with Crippen molar-refractivity contribution < 1.29 is 22.7 Å². The minimum atomic E-state index is -4.54. The second kappa shape index (κ2) is 6.86. The second-order valence-electron chi connectivity index (χ2n) is 7.58. The number of nitrogens with two attached hydrogens (primary N) is 1. The Morgan fingerprint density at radius 2 is 1.84 bits per heavy atom. The molecule has 0 spiro atoms. The smallest absolute Gasteiger partial charge is 0.416 e. The molecule has 0 saturated heterocycles. The van der Waals surface area contributed by atoms with Gasteiger partial charge in [-0.1, -0.05) is 18.9 Å². The number of hydrogen-bond donors (Lipinski definition) is 2. The molecular formula is C18H25F3N2O2. The summed E-state index contributed by atoms with van der Waals surface area (Å²) in [5.74, 6) is -0.255. The highest BCUT2D eigenvalue weighted by Gasteiger charge is 2.38. The molecule has 0 unspecified atom stereocenters. The lowest BCUT2D eigenvalue weighted by atomic mass is 9.97. The molecule has 140 valence electrons. The van der Waals surface area contributed by atoms with Crippen LogP contribution in [0.1, 0.15) is 57.6 Å². The summed E-state index contributed by atoms with van der Waals surface area (Å²) >= 11 is 0. The predicted molar refractivity (Wildman–Crippen MR) is 89.1 cm³/mol. The van der Waals surface area contributed by atoms with E-state index in [4.69, 9.17) is 10.5 Å². The molecule has 1 fully saturated rings. The Kier molecular flexibility index (Phi) is 5.37. The quantitative estimate of drug-likeness (QED) is 0.861. The Labute approximate surface area is 145 Å². The molecule has 0 heterocycles. The van der Waals surface area contributed by atoms with Crippen molar-refractivity contribution in [1.82, 2.24) is 5.32 Å². The number of alkyl halides is 3. The van der Waals surface area contributed by atoms with Crippen molar-refractivity contribution in [3.8, 4) is 5.75 Å². The maximum absolute atomic E-state index is 13.4. The molecule has 0 atom stereocenters. The molecule has 4 nitrogen and oxygen atoms in total. The third kappa shape index (κ3) is 5.11. The minimum absolute atomic E-state index is 0.0105. The van der Waals surface area contributed by atoms with E-state index >= 15 is 0 Å². The van der Waals surface area contributed by atoms with Crippen molar-refractivity contribution in [3.05, 3.63) is 29.3 Å². The fraction of sp³-hybridized carbons (Fsp3) is 0.611. The van der Waals surface area contributed by atoms with Crippen LogP contribution in [0.5, 0.6) is 5.75 Å². The summed E-state index contributed by atoms with van der Waals surface area (Å²) in [6.07, 6.45) is -1.70. The standard InChI is InChI=1S/C18H25F3N2O2/c1-16(2,3)25-13-7-6-12(14(10-13)18(19,20)21)11-23-15(24)17(22)8-4-5-9-17/h6-7,10H,4-5,8-9,11,22H2,1-3H3,(H,23,24). The maximum atomic E-state index is 13.4. The van der Waals surface area contributed by atoms with E-state index in [-0.39, 0.29) is 17.9 Å². The zero-order valence-electron chi connectivity index (χ0n) is 14.8. The summed E-state index contributed by atoms with van der Waals surface area (Å²) in [6, 6.07) is 3.79. The average Bonchev–Trinajstić information content (AvgIpc) is 2.91. The van der Waals surface area contributed by atoms with Gasteiger partial charge in [0.05, 0.1) is 11.1 Å². The SMILES string of the molecule is CC(C)(C)Oc1ccc(CNC(=O)C2(N)CCCC2)c(C(F)(F)F)c1. The van der Waals surface area contributed by atoms with Gasteiger partial charge in [0.1, 0.15) is 11.4 Å². The topological polar surface area (TPSA) is 64.3 Å². The van der Waals surface area contributed by atoms with Gasteiger partial charge in [-0.3, -0.25) is 4.79 Å². The Hall–Kier alpha value is -1.76. The Morgan fingerprint density at radius 3 is 2.36 bits per heavy atom. The van der Waals surface area contributed by atoms with Crippen LogP contribution in [-0.4, -0.2) is 17.0 Å². The molecule has 1 aromatic carbocycles. The van der Waals surface area contributed by atoms with Crippen LogP contribution >= 0.6 is 0 Å². The zero-order chi connectivity index (χ0) is 18.9. The fourth-order valence-electron chi connectivity index (χ4n) is 2.98. The van der Waals surface area contributed by atoms with Gasteiger partial charge in [-0.15, -0.1) is 0 Å². The summed E-state index contributed by atoms with van der Waals surface area (Å²) in [5.41, 5.74) is 3.64. The zero-order valence-corrected chi connectivity index (χ0v) is 14.8. The van der Waals surface area contributed by atoms with E-state index in [1.165, 1.54) is 12.1 Å². The number of ether oxygens (including phenoxy) is 1. The van der Waals surface area contributed by atoms with Gasteiger partial charge in [-0.2, -0.15) is 13.2 Å². The molecule has 0 aromatic heterocycles. The normalized spacial score (nSPS) is 17.4. The predicted octanol–water partition coefficient (Wildman–Crippen LogP) is 3.77. The highest BCUT2D eigenvalue weighted by Crippen LogP contribution is 2.35. The van der Waals surface area contributed by atoms with Crippen molar-refractivity contribution in [3.63, 3.8) is 0 Å². The van der Waals surface area contributed by atoms with E-state index < -0.39 is 28.8 Å². The first-order valence-corrected chi connectivity index (χ1v) is 8.37. The number of carbonyl (C=O) groups is 1. The molecule has 3 N–H and O–H groups in total. The van der Waals surface area contributed by atoms with Gasteiger partial charge < -0.3 is 15.8 Å². The van der Waals surface area contributed by atoms with E-state index in [0.717, 1.165) is 18.9 Å². The van der Waals surface area contributed by atoms with Crippen LogP contribution in [0.2, 0.25) is 0 Å². The third-order valence-electron chi connectivity index (χ3n) is 4.20. The van der Waals surface area contributed by atoms with Crippen molar-refractivity contribution in [2.45, 2.75) is 70.3 Å². The molecule has 1 aliphatic rings. The summed E-state index contributed by atoms with van der Waals surface area (Å²) in [5, 5.41) is 2.56. The van der Waals surface area contributed by atoms with Crippen molar-refractivity contribution in [2.24, 2.45) is 5.73 Å². The molecule has 0 aliphatic heterocycles. The lowest BCUT2D eigenvalue weighted by molar-refractivity contribution is -0.138. The van der Waals surface area contributed by atoms with Gasteiger partial charge >= 0.3 is 6.18 Å². The number of nitrogens with one attached hydrogen (secondary N) is 1. The van der Waals surface area contributed by atoms with E-state index in [1.807, 2.05) is 0 Å². The molecule has 7 heteroatoms. The van der Waals surface area contributed by atoms with Crippen LogP contribution in [0.15, 0.2) is 18.2 Å². The summed E-state index contributed by atoms with van der Waals surface area (Å²) < 4.78 is 45.6. The first-order chi connectivity index (χ1) is 11.4. The van der Waals surface area contributed by atoms with Crippen LogP contribution < -0.4 is 15.8 Å². The number of carbonyl (C=O) groups excluding carboxylic acids is 1. The van der Waals surface area contributed by atoms with E-state index in [0.29, 0.717) is 12.8 Å². The molecular weight excluding hydrogens is 333 g/mol. The second-order valence-corrected chi connectivity index (χ2v) is 7.58. The van der Waals surface area contributed by atoms with Gasteiger partial charge in [0.25, 0.3) is 0 Å². The van der Waals surface area contributed by atoms with Crippen LogP contribution in [0, 0.1) is 0 Å². The third-order valence-corrected chi connectivity index (χ3v) is 4.20. The Balaban J connectivity index is 2.18. The molecule has 0 bridgehead atoms. The molecule has 0 radical (unpaired) electrons. The molecule has 2 rings (SSSR count). The van der Waals surface area contributed by atoms with Crippen LogP contribution in [-0.2, 0) is 17.5 Å². The van der Waals surface area contributed by atoms with E-state index in [9.17, 15) is 18.0 Å². The van der Waals surface area contributed by atoms with Gasteiger partial charge in [0, 0.05) is 6.54 Å². The number of halogens is 3. The number of benzene rings is 1. The summed E-state index contributed by atoms with van der Waals surface area (Å²) in [6.45, 7) is 5.06. The van der Waals surface area contributed by atoms with Crippen molar-refractivity contribution in [1.29, 1.82) is 0 Å². The molecule has 1 saturated carbocycles. The minimum Gasteiger partial charge on any atom is -0.488 e.